The lowest BCUT2D eigenvalue weighted by Gasteiger charge is -2.33. The predicted molar refractivity (Wildman–Crippen MR) is 114 cm³/mol. The molecule has 1 N–H and O–H groups in total. The molecule has 1 fully saturated rings. The normalized spacial score (nSPS) is 15.4. The van der Waals surface area contributed by atoms with Gasteiger partial charge in [0.05, 0.1) is 17.6 Å². The zero-order valence-electron chi connectivity index (χ0n) is 17.5. The first-order chi connectivity index (χ1) is 14.2. The number of rotatable bonds is 4. The standard InChI is InChI=1S/C23H27N3O4/c1-23(2,3)30-22(29)26-11-9-17(10-12-26)19-14-24-15-20(25-19)18-6-4-5-16(13-18)7-8-21(27)28/h4-8,13-15,17H,9-12H2,1-3H3,(H,27,28)/b8-7+. The molecule has 7 nitrogen and oxygen atoms in total. The third-order valence-corrected chi connectivity index (χ3v) is 4.82. The van der Waals surface area contributed by atoms with E-state index >= 15 is 0 Å². The Morgan fingerprint density at radius 3 is 2.60 bits per heavy atom. The van der Waals surface area contributed by atoms with Gasteiger partial charge in [-0.05, 0) is 51.3 Å². The van der Waals surface area contributed by atoms with Gasteiger partial charge in [-0.3, -0.25) is 4.98 Å². The third kappa shape index (κ3) is 5.89. The van der Waals surface area contributed by atoms with Crippen molar-refractivity contribution >= 4 is 18.1 Å². The van der Waals surface area contributed by atoms with Crippen LogP contribution in [0.25, 0.3) is 17.3 Å². The van der Waals surface area contributed by atoms with Gasteiger partial charge < -0.3 is 14.7 Å². The van der Waals surface area contributed by atoms with Crippen molar-refractivity contribution in [3.63, 3.8) is 0 Å². The Balaban J connectivity index is 1.69. The highest BCUT2D eigenvalue weighted by molar-refractivity contribution is 5.85. The molecule has 0 spiro atoms. The topological polar surface area (TPSA) is 92.6 Å². The van der Waals surface area contributed by atoms with Gasteiger partial charge in [0, 0.05) is 36.8 Å². The Labute approximate surface area is 176 Å². The van der Waals surface area contributed by atoms with Gasteiger partial charge in [0.2, 0.25) is 0 Å². The van der Waals surface area contributed by atoms with Crippen molar-refractivity contribution in [3.8, 4) is 11.3 Å². The maximum Gasteiger partial charge on any atom is 0.410 e. The Bertz CT molecular complexity index is 941. The van der Waals surface area contributed by atoms with E-state index in [2.05, 4.69) is 4.98 Å². The number of carbonyl (C=O) groups is 2. The average molecular weight is 409 g/mol. The summed E-state index contributed by atoms with van der Waals surface area (Å²) in [7, 11) is 0. The Kier molecular flexibility index (Phi) is 6.50. The summed E-state index contributed by atoms with van der Waals surface area (Å²) in [5.41, 5.74) is 2.81. The van der Waals surface area contributed by atoms with Gasteiger partial charge in [0.25, 0.3) is 0 Å². The number of carboxylic acids is 1. The van der Waals surface area contributed by atoms with Crippen LogP contribution >= 0.6 is 0 Å². The molecule has 0 unspecified atom stereocenters. The van der Waals surface area contributed by atoms with Crippen LogP contribution in [0.15, 0.2) is 42.7 Å². The molecule has 0 bridgehead atoms. The first-order valence-corrected chi connectivity index (χ1v) is 10.0. The summed E-state index contributed by atoms with van der Waals surface area (Å²) in [5.74, 6) is -0.758. The number of amides is 1. The minimum atomic E-state index is -0.986. The second kappa shape index (κ2) is 9.07. The van der Waals surface area contributed by atoms with Crippen LogP contribution in [-0.4, -0.2) is 50.7 Å². The monoisotopic (exact) mass is 409 g/mol. The van der Waals surface area contributed by atoms with Gasteiger partial charge in [-0.2, -0.15) is 0 Å². The number of aromatic nitrogens is 2. The van der Waals surface area contributed by atoms with Crippen molar-refractivity contribution in [3.05, 3.63) is 54.0 Å². The molecule has 0 saturated carbocycles. The van der Waals surface area contributed by atoms with Crippen molar-refractivity contribution in [1.82, 2.24) is 14.9 Å². The SMILES string of the molecule is CC(C)(C)OC(=O)N1CCC(c2cncc(-c3cccc(/C=C/C(=O)O)c3)n2)CC1. The average Bonchev–Trinajstić information content (AvgIpc) is 2.71. The van der Waals surface area contributed by atoms with Crippen molar-refractivity contribution < 1.29 is 19.4 Å². The quantitative estimate of drug-likeness (QED) is 0.755. The first-order valence-electron chi connectivity index (χ1n) is 10.0. The summed E-state index contributed by atoms with van der Waals surface area (Å²) in [6, 6.07) is 7.52. The number of hydrogen-bond donors (Lipinski definition) is 1. The van der Waals surface area contributed by atoms with E-state index in [0.717, 1.165) is 41.4 Å². The fourth-order valence-electron chi connectivity index (χ4n) is 3.37. The van der Waals surface area contributed by atoms with E-state index in [9.17, 15) is 9.59 Å². The Morgan fingerprint density at radius 2 is 1.93 bits per heavy atom. The summed E-state index contributed by atoms with van der Waals surface area (Å²) in [5, 5.41) is 8.81. The summed E-state index contributed by atoms with van der Waals surface area (Å²) in [6.07, 6.45) is 7.49. The van der Waals surface area contributed by atoms with Gasteiger partial charge in [-0.1, -0.05) is 18.2 Å². The van der Waals surface area contributed by atoms with E-state index in [1.54, 1.807) is 23.4 Å². The fourth-order valence-corrected chi connectivity index (χ4v) is 3.37. The van der Waals surface area contributed by atoms with Crippen LogP contribution in [-0.2, 0) is 9.53 Å². The Morgan fingerprint density at radius 1 is 1.20 bits per heavy atom. The maximum absolute atomic E-state index is 12.3. The molecule has 30 heavy (non-hydrogen) atoms. The molecule has 7 heteroatoms. The summed E-state index contributed by atoms with van der Waals surface area (Å²) < 4.78 is 5.46. The minimum absolute atomic E-state index is 0.228. The molecule has 0 aliphatic carbocycles. The van der Waals surface area contributed by atoms with Gasteiger partial charge in [0.15, 0.2) is 0 Å². The minimum Gasteiger partial charge on any atom is -0.478 e. The van der Waals surface area contributed by atoms with Crippen LogP contribution in [0.2, 0.25) is 0 Å². The van der Waals surface area contributed by atoms with Crippen LogP contribution in [0.5, 0.6) is 0 Å². The number of carboxylic acid groups (broad SMARTS) is 1. The van der Waals surface area contributed by atoms with Crippen molar-refractivity contribution in [2.45, 2.75) is 45.1 Å². The van der Waals surface area contributed by atoms with E-state index < -0.39 is 11.6 Å². The van der Waals surface area contributed by atoms with Crippen molar-refractivity contribution in [1.29, 1.82) is 0 Å². The molecule has 0 radical (unpaired) electrons. The zero-order valence-corrected chi connectivity index (χ0v) is 17.5. The molecular weight excluding hydrogens is 382 g/mol. The van der Waals surface area contributed by atoms with Gasteiger partial charge in [-0.25, -0.2) is 14.6 Å². The lowest BCUT2D eigenvalue weighted by atomic mass is 9.94. The molecule has 1 saturated heterocycles. The molecule has 1 amide bonds. The highest BCUT2D eigenvalue weighted by Gasteiger charge is 2.28. The van der Waals surface area contributed by atoms with Crippen molar-refractivity contribution in [2.75, 3.05) is 13.1 Å². The molecular formula is C23H27N3O4. The number of likely N-dealkylation sites (tertiary alicyclic amines) is 1. The number of piperidine rings is 1. The van der Waals surface area contributed by atoms with Gasteiger partial charge in [0.1, 0.15) is 5.60 Å². The van der Waals surface area contributed by atoms with E-state index in [1.165, 1.54) is 0 Å². The van der Waals surface area contributed by atoms with Crippen LogP contribution in [0.4, 0.5) is 4.79 Å². The van der Waals surface area contributed by atoms with Crippen molar-refractivity contribution in [2.24, 2.45) is 0 Å². The molecule has 158 valence electrons. The number of benzene rings is 1. The highest BCUT2D eigenvalue weighted by atomic mass is 16.6. The van der Waals surface area contributed by atoms with Crippen LogP contribution in [0, 0.1) is 0 Å². The van der Waals surface area contributed by atoms with Gasteiger partial charge in [-0.15, -0.1) is 0 Å². The number of aliphatic carboxylic acids is 1. The number of nitrogens with zero attached hydrogens (tertiary/aromatic N) is 3. The lowest BCUT2D eigenvalue weighted by Crippen LogP contribution is -2.41. The fraction of sp³-hybridized carbons (Fsp3) is 0.391. The zero-order chi connectivity index (χ0) is 21.7. The third-order valence-electron chi connectivity index (χ3n) is 4.82. The largest absolute Gasteiger partial charge is 0.478 e. The number of hydrogen-bond acceptors (Lipinski definition) is 5. The highest BCUT2D eigenvalue weighted by Crippen LogP contribution is 2.29. The molecule has 1 aromatic carbocycles. The number of carbonyl (C=O) groups excluding carboxylic acids is 1. The lowest BCUT2D eigenvalue weighted by molar-refractivity contribution is -0.131. The number of ether oxygens (including phenoxy) is 1. The second-order valence-electron chi connectivity index (χ2n) is 8.37. The van der Waals surface area contributed by atoms with Crippen LogP contribution in [0.3, 0.4) is 0 Å². The first kappa shape index (κ1) is 21.5. The Hall–Kier alpha value is -3.22. The summed E-state index contributed by atoms with van der Waals surface area (Å²) in [6.45, 7) is 6.85. The smallest absolute Gasteiger partial charge is 0.410 e. The molecule has 2 aromatic rings. The summed E-state index contributed by atoms with van der Waals surface area (Å²) in [4.78, 5) is 33.9. The van der Waals surface area contributed by atoms with Crippen LogP contribution < -0.4 is 0 Å². The molecule has 1 aliphatic rings. The molecule has 1 aromatic heterocycles. The van der Waals surface area contributed by atoms with E-state index in [1.807, 2.05) is 45.0 Å². The van der Waals surface area contributed by atoms with Crippen LogP contribution in [0.1, 0.15) is 50.8 Å². The van der Waals surface area contributed by atoms with Gasteiger partial charge >= 0.3 is 12.1 Å². The molecule has 1 aliphatic heterocycles. The van der Waals surface area contributed by atoms with E-state index in [4.69, 9.17) is 14.8 Å². The molecule has 2 heterocycles. The predicted octanol–water partition coefficient (Wildman–Crippen LogP) is 4.36. The van der Waals surface area contributed by atoms with E-state index in [0.29, 0.717) is 13.1 Å². The van der Waals surface area contributed by atoms with E-state index in [-0.39, 0.29) is 12.0 Å². The molecule has 0 atom stereocenters. The second-order valence-corrected chi connectivity index (χ2v) is 8.37. The maximum atomic E-state index is 12.3. The summed E-state index contributed by atoms with van der Waals surface area (Å²) >= 11 is 0. The molecule has 3 rings (SSSR count).